The van der Waals surface area contributed by atoms with Crippen molar-refractivity contribution in [2.75, 3.05) is 26.7 Å². The maximum absolute atomic E-state index is 12.0. The summed E-state index contributed by atoms with van der Waals surface area (Å²) >= 11 is 0. The Kier molecular flexibility index (Phi) is 4.99. The smallest absolute Gasteiger partial charge is 0.224 e. The molecule has 3 atom stereocenters. The fraction of sp³-hybridized carbons (Fsp3) is 0.941. The highest BCUT2D eigenvalue weighted by Gasteiger charge is 2.61. The highest BCUT2D eigenvalue weighted by atomic mass is 16.5. The summed E-state index contributed by atoms with van der Waals surface area (Å²) in [6, 6.07) is 0. The molecule has 2 aliphatic rings. The third-order valence-corrected chi connectivity index (χ3v) is 6.47. The van der Waals surface area contributed by atoms with E-state index in [0.717, 1.165) is 18.9 Å². The van der Waals surface area contributed by atoms with Gasteiger partial charge in [-0.25, -0.2) is 0 Å². The number of carbonyl (C=O) groups excluding carboxylic acids is 1. The van der Waals surface area contributed by atoms with Crippen molar-refractivity contribution in [3.8, 4) is 0 Å². The minimum atomic E-state index is 0.163. The molecule has 122 valence electrons. The first kappa shape index (κ1) is 16.8. The maximum Gasteiger partial charge on any atom is 0.224 e. The molecule has 2 fully saturated rings. The average molecular weight is 296 g/mol. The molecule has 2 aliphatic carbocycles. The van der Waals surface area contributed by atoms with E-state index in [4.69, 9.17) is 10.5 Å². The SMILES string of the molecule is CN(CCCN)C(=O)CCOC1CC2CCC1(C)C2(C)C. The maximum atomic E-state index is 12.0. The number of hydrogen-bond acceptors (Lipinski definition) is 3. The fourth-order valence-electron chi connectivity index (χ4n) is 4.31. The molecule has 4 nitrogen and oxygen atoms in total. The van der Waals surface area contributed by atoms with Gasteiger partial charge in [0.25, 0.3) is 0 Å². The van der Waals surface area contributed by atoms with Gasteiger partial charge < -0.3 is 15.4 Å². The molecule has 0 aromatic carbocycles. The number of nitrogens with zero attached hydrogens (tertiary/aromatic N) is 1. The summed E-state index contributed by atoms with van der Waals surface area (Å²) in [5.74, 6) is 0.950. The number of rotatable bonds is 7. The van der Waals surface area contributed by atoms with Crippen molar-refractivity contribution in [2.24, 2.45) is 22.5 Å². The van der Waals surface area contributed by atoms with E-state index in [1.807, 2.05) is 7.05 Å². The van der Waals surface area contributed by atoms with Crippen molar-refractivity contribution in [3.05, 3.63) is 0 Å². The summed E-state index contributed by atoms with van der Waals surface area (Å²) in [6.07, 6.45) is 5.44. The van der Waals surface area contributed by atoms with E-state index in [0.29, 0.717) is 31.1 Å². The largest absolute Gasteiger partial charge is 0.377 e. The lowest BCUT2D eigenvalue weighted by Gasteiger charge is -2.39. The average Bonchev–Trinajstić information content (AvgIpc) is 2.77. The van der Waals surface area contributed by atoms with Crippen LogP contribution in [0.4, 0.5) is 0 Å². The van der Waals surface area contributed by atoms with E-state index >= 15 is 0 Å². The van der Waals surface area contributed by atoms with Crippen LogP contribution in [-0.2, 0) is 9.53 Å². The Hall–Kier alpha value is -0.610. The normalized spacial score (nSPS) is 33.4. The molecule has 0 aromatic rings. The molecular weight excluding hydrogens is 264 g/mol. The molecule has 0 aliphatic heterocycles. The number of carbonyl (C=O) groups is 1. The van der Waals surface area contributed by atoms with Crippen molar-refractivity contribution >= 4 is 5.91 Å². The summed E-state index contributed by atoms with van der Waals surface area (Å²) in [6.45, 7) is 9.07. The second-order valence-corrected chi connectivity index (χ2v) is 7.68. The summed E-state index contributed by atoms with van der Waals surface area (Å²) in [5.41, 5.74) is 6.13. The van der Waals surface area contributed by atoms with Crippen LogP contribution in [0.2, 0.25) is 0 Å². The molecule has 2 saturated carbocycles. The molecule has 1 amide bonds. The van der Waals surface area contributed by atoms with E-state index < -0.39 is 0 Å². The molecular formula is C17H32N2O2. The van der Waals surface area contributed by atoms with Gasteiger partial charge in [-0.05, 0) is 49.0 Å². The molecule has 0 aromatic heterocycles. The Balaban J connectivity index is 1.76. The van der Waals surface area contributed by atoms with Gasteiger partial charge in [0.1, 0.15) is 0 Å². The molecule has 0 heterocycles. The van der Waals surface area contributed by atoms with Crippen molar-refractivity contribution in [1.29, 1.82) is 0 Å². The first-order chi connectivity index (χ1) is 9.83. The standard InChI is InChI=1S/C17H32N2O2/c1-16(2)13-6-8-17(16,3)14(12-13)21-11-7-15(20)19(4)10-5-9-18/h13-14H,5-12,18H2,1-4H3. The first-order valence-electron chi connectivity index (χ1n) is 8.38. The second kappa shape index (κ2) is 6.25. The highest BCUT2D eigenvalue weighted by Crippen LogP contribution is 2.66. The molecule has 0 radical (unpaired) electrons. The van der Waals surface area contributed by atoms with E-state index in [9.17, 15) is 4.79 Å². The Morgan fingerprint density at radius 2 is 2.10 bits per heavy atom. The fourth-order valence-corrected chi connectivity index (χ4v) is 4.31. The van der Waals surface area contributed by atoms with Gasteiger partial charge in [-0.1, -0.05) is 20.8 Å². The summed E-state index contributed by atoms with van der Waals surface area (Å²) in [4.78, 5) is 13.8. The van der Waals surface area contributed by atoms with E-state index in [1.54, 1.807) is 4.90 Å². The molecule has 21 heavy (non-hydrogen) atoms. The van der Waals surface area contributed by atoms with E-state index in [1.165, 1.54) is 19.3 Å². The van der Waals surface area contributed by atoms with Gasteiger partial charge in [0, 0.05) is 13.6 Å². The van der Waals surface area contributed by atoms with Crippen LogP contribution in [-0.4, -0.2) is 43.7 Å². The van der Waals surface area contributed by atoms with E-state index in [-0.39, 0.29) is 11.3 Å². The van der Waals surface area contributed by atoms with E-state index in [2.05, 4.69) is 20.8 Å². The van der Waals surface area contributed by atoms with Gasteiger partial charge in [0.2, 0.25) is 5.91 Å². The highest BCUT2D eigenvalue weighted by molar-refractivity contribution is 5.75. The molecule has 2 rings (SSSR count). The van der Waals surface area contributed by atoms with Crippen molar-refractivity contribution in [3.63, 3.8) is 0 Å². The van der Waals surface area contributed by atoms with Crippen LogP contribution < -0.4 is 5.73 Å². The summed E-state index contributed by atoms with van der Waals surface area (Å²) in [5, 5.41) is 0. The summed E-state index contributed by atoms with van der Waals surface area (Å²) in [7, 11) is 1.85. The van der Waals surface area contributed by atoms with Gasteiger partial charge in [-0.15, -0.1) is 0 Å². The lowest BCUT2D eigenvalue weighted by molar-refractivity contribution is -0.132. The third kappa shape index (κ3) is 2.98. The lowest BCUT2D eigenvalue weighted by Crippen LogP contribution is -2.38. The van der Waals surface area contributed by atoms with Gasteiger partial charge >= 0.3 is 0 Å². The van der Waals surface area contributed by atoms with Crippen LogP contribution in [0.15, 0.2) is 0 Å². The minimum absolute atomic E-state index is 0.163. The Bertz CT molecular complexity index is 383. The molecule has 4 heteroatoms. The predicted octanol–water partition coefficient (Wildman–Crippen LogP) is 2.42. The quantitative estimate of drug-likeness (QED) is 0.785. The molecule has 2 bridgehead atoms. The monoisotopic (exact) mass is 296 g/mol. The van der Waals surface area contributed by atoms with Crippen molar-refractivity contribution in [2.45, 2.75) is 59.0 Å². The number of fused-ring (bicyclic) bond motifs is 2. The van der Waals surface area contributed by atoms with Crippen LogP contribution in [0.1, 0.15) is 52.9 Å². The zero-order chi connectivity index (χ0) is 15.7. The van der Waals surface area contributed by atoms with Gasteiger partial charge in [0.05, 0.1) is 19.1 Å². The first-order valence-corrected chi connectivity index (χ1v) is 8.38. The minimum Gasteiger partial charge on any atom is -0.377 e. The zero-order valence-electron chi connectivity index (χ0n) is 14.2. The summed E-state index contributed by atoms with van der Waals surface area (Å²) < 4.78 is 6.13. The van der Waals surface area contributed by atoms with Gasteiger partial charge in [-0.2, -0.15) is 0 Å². The molecule has 0 spiro atoms. The number of amides is 1. The number of nitrogens with two attached hydrogens (primary N) is 1. The molecule has 0 saturated heterocycles. The Morgan fingerprint density at radius 1 is 1.38 bits per heavy atom. The van der Waals surface area contributed by atoms with Crippen LogP contribution in [0.25, 0.3) is 0 Å². The topological polar surface area (TPSA) is 55.6 Å². The lowest BCUT2D eigenvalue weighted by atomic mass is 9.70. The second-order valence-electron chi connectivity index (χ2n) is 7.68. The van der Waals surface area contributed by atoms with Crippen molar-refractivity contribution < 1.29 is 9.53 Å². The molecule has 2 N–H and O–H groups in total. The van der Waals surface area contributed by atoms with Crippen LogP contribution in [0.5, 0.6) is 0 Å². The predicted molar refractivity (Wildman–Crippen MR) is 84.9 cm³/mol. The van der Waals surface area contributed by atoms with Gasteiger partial charge in [0.15, 0.2) is 0 Å². The zero-order valence-corrected chi connectivity index (χ0v) is 14.2. The Morgan fingerprint density at radius 3 is 2.62 bits per heavy atom. The number of hydrogen-bond donors (Lipinski definition) is 1. The van der Waals surface area contributed by atoms with Crippen LogP contribution in [0, 0.1) is 16.7 Å². The van der Waals surface area contributed by atoms with Gasteiger partial charge in [-0.3, -0.25) is 4.79 Å². The molecule has 3 unspecified atom stereocenters. The Labute approximate surface area is 129 Å². The van der Waals surface area contributed by atoms with Crippen molar-refractivity contribution in [1.82, 2.24) is 4.90 Å². The third-order valence-electron chi connectivity index (χ3n) is 6.47. The van der Waals surface area contributed by atoms with Crippen LogP contribution in [0.3, 0.4) is 0 Å². The van der Waals surface area contributed by atoms with Crippen LogP contribution >= 0.6 is 0 Å². The number of ether oxygens (including phenoxy) is 1.